The molecule has 0 spiro atoms. The van der Waals surface area contributed by atoms with Crippen LogP contribution in [0.3, 0.4) is 0 Å². The molecule has 1 aromatic carbocycles. The van der Waals surface area contributed by atoms with Crippen LogP contribution in [0.2, 0.25) is 0 Å². The Morgan fingerprint density at radius 1 is 1.33 bits per heavy atom. The third kappa shape index (κ3) is 3.16. The third-order valence-corrected chi connectivity index (χ3v) is 5.82. The van der Waals surface area contributed by atoms with Crippen molar-refractivity contribution in [3.8, 4) is 6.07 Å². The average Bonchev–Trinajstić information content (AvgIpc) is 2.36. The summed E-state index contributed by atoms with van der Waals surface area (Å²) in [5.74, 6) is 0.280. The van der Waals surface area contributed by atoms with Crippen molar-refractivity contribution in [1.29, 1.82) is 5.26 Å². The lowest BCUT2D eigenvalue weighted by molar-refractivity contribution is 0.370. The minimum Gasteiger partial charge on any atom is -0.197 e. The molecule has 0 aliphatic rings. The fourth-order valence-corrected chi connectivity index (χ4v) is 3.11. The Morgan fingerprint density at radius 2 is 1.94 bits per heavy atom. The molecule has 98 valence electrons. The maximum atomic E-state index is 9.78. The van der Waals surface area contributed by atoms with Gasteiger partial charge in [-0.1, -0.05) is 70.0 Å². The van der Waals surface area contributed by atoms with Gasteiger partial charge in [0.25, 0.3) is 0 Å². The lowest BCUT2D eigenvalue weighted by atomic mass is 9.68. The van der Waals surface area contributed by atoms with Crippen molar-refractivity contribution >= 4 is 31.9 Å². The second kappa shape index (κ2) is 6.73. The van der Waals surface area contributed by atoms with Gasteiger partial charge in [-0.05, 0) is 30.4 Å². The Labute approximate surface area is 127 Å². The summed E-state index contributed by atoms with van der Waals surface area (Å²) in [7, 11) is 0. The summed E-state index contributed by atoms with van der Waals surface area (Å²) < 4.78 is 0. The van der Waals surface area contributed by atoms with Gasteiger partial charge in [0.15, 0.2) is 0 Å². The van der Waals surface area contributed by atoms with Crippen molar-refractivity contribution in [3.05, 3.63) is 35.4 Å². The van der Waals surface area contributed by atoms with Crippen LogP contribution in [0, 0.1) is 24.2 Å². The van der Waals surface area contributed by atoms with Crippen LogP contribution in [0.5, 0.6) is 0 Å². The summed E-state index contributed by atoms with van der Waals surface area (Å²) in [5.41, 5.74) is 1.93. The molecular formula is C15H19Br2N. The highest BCUT2D eigenvalue weighted by molar-refractivity contribution is 9.12. The summed E-state index contributed by atoms with van der Waals surface area (Å²) in [5, 5.41) is 10.6. The molecule has 2 atom stereocenters. The molecule has 0 aliphatic carbocycles. The van der Waals surface area contributed by atoms with Gasteiger partial charge in [0.05, 0.1) is 11.5 Å². The molecule has 1 aromatic rings. The van der Waals surface area contributed by atoms with Crippen LogP contribution in [0.15, 0.2) is 24.3 Å². The van der Waals surface area contributed by atoms with Gasteiger partial charge in [-0.2, -0.15) is 5.26 Å². The van der Waals surface area contributed by atoms with Crippen molar-refractivity contribution in [1.82, 2.24) is 0 Å². The summed E-state index contributed by atoms with van der Waals surface area (Å²) >= 11 is 7.13. The average molecular weight is 373 g/mol. The molecule has 0 aromatic heterocycles. The molecule has 0 unspecified atom stereocenters. The largest absolute Gasteiger partial charge is 0.197 e. The molecule has 1 nitrogen and oxygen atoms in total. The SMILES string of the molecule is Cc1ccccc1[C@](C#N)(C[C@@H](Br)CBr)C(C)C. The summed E-state index contributed by atoms with van der Waals surface area (Å²) in [6.07, 6.45) is 0.817. The Hall–Kier alpha value is -0.330. The van der Waals surface area contributed by atoms with Gasteiger partial charge in [-0.25, -0.2) is 0 Å². The molecule has 0 N–H and O–H groups in total. The topological polar surface area (TPSA) is 23.8 Å². The summed E-state index contributed by atoms with van der Waals surface area (Å²) in [6, 6.07) is 10.8. The first-order chi connectivity index (χ1) is 8.47. The van der Waals surface area contributed by atoms with E-state index < -0.39 is 5.41 Å². The van der Waals surface area contributed by atoms with Crippen LogP contribution >= 0.6 is 31.9 Å². The monoisotopic (exact) mass is 371 g/mol. The highest BCUT2D eigenvalue weighted by Gasteiger charge is 2.38. The third-order valence-electron chi connectivity index (χ3n) is 3.52. The molecule has 0 saturated heterocycles. The number of rotatable bonds is 5. The molecule has 0 aliphatic heterocycles. The van der Waals surface area contributed by atoms with Crippen LogP contribution in [0.1, 0.15) is 31.4 Å². The molecule has 0 bridgehead atoms. The fraction of sp³-hybridized carbons (Fsp3) is 0.533. The standard InChI is InChI=1S/C15H19Br2N/c1-11(2)15(10-18,8-13(17)9-16)14-7-5-4-6-12(14)3/h4-7,11,13H,8-9H2,1-3H3/t13-,15+/m1/s1. The zero-order valence-corrected chi connectivity index (χ0v) is 14.3. The van der Waals surface area contributed by atoms with E-state index in [1.54, 1.807) is 0 Å². The van der Waals surface area contributed by atoms with E-state index >= 15 is 0 Å². The van der Waals surface area contributed by atoms with Crippen LogP contribution in [-0.4, -0.2) is 10.2 Å². The van der Waals surface area contributed by atoms with Crippen LogP contribution in [-0.2, 0) is 5.41 Å². The lowest BCUT2D eigenvalue weighted by Gasteiger charge is -2.34. The predicted octanol–water partition coefficient (Wildman–Crippen LogP) is 4.96. The molecule has 0 radical (unpaired) electrons. The van der Waals surface area contributed by atoms with Crippen molar-refractivity contribution < 1.29 is 0 Å². The van der Waals surface area contributed by atoms with Gasteiger partial charge in [0.1, 0.15) is 0 Å². The van der Waals surface area contributed by atoms with Gasteiger partial charge >= 0.3 is 0 Å². The minimum absolute atomic E-state index is 0.280. The molecular weight excluding hydrogens is 354 g/mol. The van der Waals surface area contributed by atoms with E-state index in [1.165, 1.54) is 5.56 Å². The Balaban J connectivity index is 3.29. The number of halogens is 2. The fourth-order valence-electron chi connectivity index (χ4n) is 2.37. The Morgan fingerprint density at radius 3 is 2.39 bits per heavy atom. The number of benzene rings is 1. The second-order valence-electron chi connectivity index (χ2n) is 5.01. The van der Waals surface area contributed by atoms with Gasteiger partial charge in [0.2, 0.25) is 0 Å². The zero-order valence-electron chi connectivity index (χ0n) is 11.1. The number of hydrogen-bond donors (Lipinski definition) is 0. The number of aryl methyl sites for hydroxylation is 1. The maximum absolute atomic E-state index is 9.78. The normalized spacial score (nSPS) is 16.1. The number of nitrogens with zero attached hydrogens (tertiary/aromatic N) is 1. The van der Waals surface area contributed by atoms with Crippen molar-refractivity contribution in [2.75, 3.05) is 5.33 Å². The first-order valence-corrected chi connectivity index (χ1v) is 8.19. The number of hydrogen-bond acceptors (Lipinski definition) is 1. The smallest absolute Gasteiger partial charge is 0.0858 e. The molecule has 0 saturated carbocycles. The van der Waals surface area contributed by atoms with Crippen molar-refractivity contribution in [2.24, 2.45) is 5.92 Å². The van der Waals surface area contributed by atoms with Crippen molar-refractivity contribution in [3.63, 3.8) is 0 Å². The lowest BCUT2D eigenvalue weighted by Crippen LogP contribution is -2.34. The molecule has 3 heteroatoms. The van der Waals surface area contributed by atoms with E-state index in [-0.39, 0.29) is 5.92 Å². The van der Waals surface area contributed by atoms with E-state index in [2.05, 4.69) is 70.8 Å². The molecule has 0 fully saturated rings. The van der Waals surface area contributed by atoms with Gasteiger partial charge < -0.3 is 0 Å². The first-order valence-electron chi connectivity index (χ1n) is 6.15. The second-order valence-corrected chi connectivity index (χ2v) is 6.95. The summed E-state index contributed by atoms with van der Waals surface area (Å²) in [4.78, 5) is 0.305. The van der Waals surface area contributed by atoms with E-state index in [9.17, 15) is 5.26 Å². The van der Waals surface area contributed by atoms with Crippen LogP contribution in [0.4, 0.5) is 0 Å². The van der Waals surface area contributed by atoms with Crippen molar-refractivity contribution in [2.45, 2.75) is 37.4 Å². The van der Waals surface area contributed by atoms with Gasteiger partial charge in [0, 0.05) is 10.2 Å². The highest BCUT2D eigenvalue weighted by atomic mass is 79.9. The number of nitriles is 1. The van der Waals surface area contributed by atoms with E-state index in [4.69, 9.17) is 0 Å². The Bertz CT molecular complexity index is 436. The molecule has 1 rings (SSSR count). The zero-order chi connectivity index (χ0) is 13.8. The quantitative estimate of drug-likeness (QED) is 0.670. The predicted molar refractivity (Wildman–Crippen MR) is 84.4 cm³/mol. The van der Waals surface area contributed by atoms with E-state index in [1.807, 2.05) is 12.1 Å². The molecule has 18 heavy (non-hydrogen) atoms. The Kier molecular flexibility index (Phi) is 5.88. The molecule has 0 amide bonds. The van der Waals surface area contributed by atoms with Gasteiger partial charge in [-0.15, -0.1) is 0 Å². The highest BCUT2D eigenvalue weighted by Crippen LogP contribution is 2.39. The summed E-state index contributed by atoms with van der Waals surface area (Å²) in [6.45, 7) is 6.34. The maximum Gasteiger partial charge on any atom is 0.0858 e. The van der Waals surface area contributed by atoms with Crippen LogP contribution in [0.25, 0.3) is 0 Å². The van der Waals surface area contributed by atoms with E-state index in [0.29, 0.717) is 4.83 Å². The van der Waals surface area contributed by atoms with E-state index in [0.717, 1.165) is 17.3 Å². The molecule has 0 heterocycles. The minimum atomic E-state index is -0.423. The van der Waals surface area contributed by atoms with Gasteiger partial charge in [-0.3, -0.25) is 0 Å². The van der Waals surface area contributed by atoms with Crippen LogP contribution < -0.4 is 0 Å². The number of alkyl halides is 2. The first kappa shape index (κ1) is 15.7.